The highest BCUT2D eigenvalue weighted by atomic mass is 16.7. The number of amides is 1. The second-order valence-electron chi connectivity index (χ2n) is 6.01. The molecule has 138 valence electrons. The van der Waals surface area contributed by atoms with Crippen LogP contribution < -0.4 is 20.3 Å². The molecule has 8 nitrogen and oxygen atoms in total. The number of anilines is 1. The summed E-state index contributed by atoms with van der Waals surface area (Å²) in [6.07, 6.45) is 1.32. The van der Waals surface area contributed by atoms with Crippen molar-refractivity contribution in [1.82, 2.24) is 9.55 Å². The Bertz CT molecular complexity index is 1160. The van der Waals surface area contributed by atoms with Crippen LogP contribution in [-0.4, -0.2) is 22.3 Å². The second kappa shape index (κ2) is 7.25. The van der Waals surface area contributed by atoms with E-state index < -0.39 is 5.91 Å². The first-order valence-corrected chi connectivity index (χ1v) is 8.39. The minimum absolute atomic E-state index is 0.165. The van der Waals surface area contributed by atoms with E-state index >= 15 is 0 Å². The molecule has 28 heavy (non-hydrogen) atoms. The highest BCUT2D eigenvalue weighted by Crippen LogP contribution is 2.35. The number of hydrogen-bond acceptors (Lipinski definition) is 6. The zero-order valence-electron chi connectivity index (χ0n) is 14.6. The van der Waals surface area contributed by atoms with Gasteiger partial charge in [0, 0.05) is 11.6 Å². The molecule has 1 aromatic heterocycles. The third-order valence-corrected chi connectivity index (χ3v) is 4.18. The van der Waals surface area contributed by atoms with Crippen LogP contribution in [0.4, 0.5) is 5.69 Å². The summed E-state index contributed by atoms with van der Waals surface area (Å²) in [6, 6.07) is 15.3. The molecule has 0 fully saturated rings. The van der Waals surface area contributed by atoms with Crippen molar-refractivity contribution in [2.24, 2.45) is 0 Å². The largest absolute Gasteiger partial charge is 0.454 e. The van der Waals surface area contributed by atoms with Crippen LogP contribution in [0.5, 0.6) is 11.5 Å². The molecule has 0 spiro atoms. The minimum Gasteiger partial charge on any atom is -0.454 e. The number of nitriles is 1. The van der Waals surface area contributed by atoms with Gasteiger partial charge in [-0.25, -0.2) is 4.98 Å². The van der Waals surface area contributed by atoms with Crippen LogP contribution in [-0.2, 0) is 11.3 Å². The van der Waals surface area contributed by atoms with Crippen molar-refractivity contribution in [1.29, 1.82) is 5.26 Å². The standard InChI is InChI=1S/C20H14N4O4/c21-9-14-3-1-2-4-15(14)23-19(25)10-24-11-22-16(8-20(24)26)13-5-6-17-18(7-13)28-12-27-17/h1-8,11H,10,12H2,(H,23,25). The van der Waals surface area contributed by atoms with Crippen LogP contribution >= 0.6 is 0 Å². The molecule has 1 aliphatic heterocycles. The molecule has 1 aliphatic rings. The molecule has 0 saturated heterocycles. The van der Waals surface area contributed by atoms with Gasteiger partial charge >= 0.3 is 0 Å². The average Bonchev–Trinajstić information content (AvgIpc) is 3.17. The Balaban J connectivity index is 1.51. The molecule has 0 radical (unpaired) electrons. The van der Waals surface area contributed by atoms with Crippen molar-refractivity contribution in [3.8, 4) is 28.8 Å². The van der Waals surface area contributed by atoms with Crippen molar-refractivity contribution in [3.63, 3.8) is 0 Å². The Kier molecular flexibility index (Phi) is 4.48. The fourth-order valence-corrected chi connectivity index (χ4v) is 2.79. The van der Waals surface area contributed by atoms with Gasteiger partial charge in [-0.3, -0.25) is 14.2 Å². The van der Waals surface area contributed by atoms with Gasteiger partial charge in [-0.2, -0.15) is 5.26 Å². The van der Waals surface area contributed by atoms with E-state index in [0.29, 0.717) is 34.0 Å². The van der Waals surface area contributed by atoms with E-state index in [1.54, 1.807) is 42.5 Å². The zero-order chi connectivity index (χ0) is 19.5. The van der Waals surface area contributed by atoms with Gasteiger partial charge in [-0.05, 0) is 30.3 Å². The quantitative estimate of drug-likeness (QED) is 0.750. The second-order valence-corrected chi connectivity index (χ2v) is 6.01. The predicted molar refractivity (Wildman–Crippen MR) is 99.8 cm³/mol. The first-order valence-electron chi connectivity index (χ1n) is 8.39. The van der Waals surface area contributed by atoms with Gasteiger partial charge in [-0.15, -0.1) is 0 Å². The molecule has 0 atom stereocenters. The summed E-state index contributed by atoms with van der Waals surface area (Å²) in [4.78, 5) is 28.9. The Morgan fingerprint density at radius 2 is 2.00 bits per heavy atom. The summed E-state index contributed by atoms with van der Waals surface area (Å²) in [7, 11) is 0. The lowest BCUT2D eigenvalue weighted by atomic mass is 10.1. The average molecular weight is 374 g/mol. The van der Waals surface area contributed by atoms with Crippen LogP contribution in [0.3, 0.4) is 0 Å². The molecule has 2 aromatic carbocycles. The van der Waals surface area contributed by atoms with Crippen molar-refractivity contribution >= 4 is 11.6 Å². The zero-order valence-corrected chi connectivity index (χ0v) is 14.6. The van der Waals surface area contributed by atoms with Crippen molar-refractivity contribution < 1.29 is 14.3 Å². The molecule has 1 N–H and O–H groups in total. The van der Waals surface area contributed by atoms with E-state index in [1.807, 2.05) is 6.07 Å². The number of benzene rings is 2. The maximum atomic E-state index is 12.4. The molecule has 1 amide bonds. The summed E-state index contributed by atoms with van der Waals surface area (Å²) >= 11 is 0. The monoisotopic (exact) mass is 374 g/mol. The Morgan fingerprint density at radius 1 is 1.18 bits per heavy atom. The van der Waals surface area contributed by atoms with E-state index in [-0.39, 0.29) is 18.9 Å². The van der Waals surface area contributed by atoms with Gasteiger partial charge in [0.1, 0.15) is 12.6 Å². The molecule has 0 aliphatic carbocycles. The fraction of sp³-hybridized carbons (Fsp3) is 0.100. The third-order valence-electron chi connectivity index (χ3n) is 4.18. The molecule has 0 bridgehead atoms. The smallest absolute Gasteiger partial charge is 0.254 e. The minimum atomic E-state index is -0.428. The SMILES string of the molecule is N#Cc1ccccc1NC(=O)Cn1cnc(-c2ccc3c(c2)OCO3)cc1=O. The van der Waals surface area contributed by atoms with Gasteiger partial charge in [0.25, 0.3) is 5.56 Å². The summed E-state index contributed by atoms with van der Waals surface area (Å²) in [6.45, 7) is -0.0507. The number of para-hydroxylation sites is 1. The number of ether oxygens (including phenoxy) is 2. The van der Waals surface area contributed by atoms with Crippen molar-refractivity contribution in [3.05, 3.63) is 70.8 Å². The number of nitrogens with one attached hydrogen (secondary N) is 1. The predicted octanol–water partition coefficient (Wildman–Crippen LogP) is 2.15. The Labute approximate surface area is 159 Å². The molecule has 2 heterocycles. The van der Waals surface area contributed by atoms with Crippen molar-refractivity contribution in [2.45, 2.75) is 6.54 Å². The summed E-state index contributed by atoms with van der Waals surface area (Å²) < 4.78 is 11.8. The summed E-state index contributed by atoms with van der Waals surface area (Å²) in [5.74, 6) is 0.813. The topological polar surface area (TPSA) is 106 Å². The molecule has 0 unspecified atom stereocenters. The van der Waals surface area contributed by atoms with Crippen LogP contribution in [0.1, 0.15) is 5.56 Å². The molecular formula is C20H14N4O4. The fourth-order valence-electron chi connectivity index (χ4n) is 2.79. The number of rotatable bonds is 4. The van der Waals surface area contributed by atoms with Crippen LogP contribution in [0.15, 0.2) is 59.7 Å². The highest BCUT2D eigenvalue weighted by molar-refractivity contribution is 5.91. The Morgan fingerprint density at radius 3 is 2.82 bits per heavy atom. The van der Waals surface area contributed by atoms with E-state index in [0.717, 1.165) is 0 Å². The third kappa shape index (κ3) is 3.41. The van der Waals surface area contributed by atoms with E-state index in [9.17, 15) is 9.59 Å². The molecular weight excluding hydrogens is 360 g/mol. The van der Waals surface area contributed by atoms with E-state index in [4.69, 9.17) is 14.7 Å². The van der Waals surface area contributed by atoms with Crippen molar-refractivity contribution in [2.75, 3.05) is 12.1 Å². The van der Waals surface area contributed by atoms with Gasteiger partial charge < -0.3 is 14.8 Å². The highest BCUT2D eigenvalue weighted by Gasteiger charge is 2.15. The number of carbonyl (C=O) groups is 1. The number of nitrogens with zero attached hydrogens (tertiary/aromatic N) is 3. The normalized spacial score (nSPS) is 11.7. The Hall–Kier alpha value is -4.12. The van der Waals surface area contributed by atoms with E-state index in [2.05, 4.69) is 10.3 Å². The number of hydrogen-bond donors (Lipinski definition) is 1. The van der Waals surface area contributed by atoms with Crippen LogP contribution in [0.2, 0.25) is 0 Å². The maximum Gasteiger partial charge on any atom is 0.254 e. The van der Waals surface area contributed by atoms with Gasteiger partial charge in [0.15, 0.2) is 11.5 Å². The molecule has 8 heteroatoms. The molecule has 4 rings (SSSR count). The van der Waals surface area contributed by atoms with Gasteiger partial charge in [-0.1, -0.05) is 12.1 Å². The van der Waals surface area contributed by atoms with Crippen LogP contribution in [0.25, 0.3) is 11.3 Å². The lowest BCUT2D eigenvalue weighted by Crippen LogP contribution is -2.27. The molecule has 3 aromatic rings. The first kappa shape index (κ1) is 17.3. The maximum absolute atomic E-state index is 12.4. The lowest BCUT2D eigenvalue weighted by molar-refractivity contribution is -0.116. The van der Waals surface area contributed by atoms with E-state index in [1.165, 1.54) is 17.0 Å². The first-order chi connectivity index (χ1) is 13.6. The lowest BCUT2D eigenvalue weighted by Gasteiger charge is -2.09. The summed E-state index contributed by atoms with van der Waals surface area (Å²) in [5.41, 5.74) is 1.55. The number of aromatic nitrogens is 2. The summed E-state index contributed by atoms with van der Waals surface area (Å²) in [5, 5.41) is 11.7. The van der Waals surface area contributed by atoms with Gasteiger partial charge in [0.05, 0.1) is 23.3 Å². The van der Waals surface area contributed by atoms with Crippen LogP contribution in [0, 0.1) is 11.3 Å². The number of fused-ring (bicyclic) bond motifs is 1. The molecule has 0 saturated carbocycles. The van der Waals surface area contributed by atoms with Gasteiger partial charge in [0.2, 0.25) is 12.7 Å². The number of carbonyl (C=O) groups excluding carboxylic acids is 1.